The van der Waals surface area contributed by atoms with Gasteiger partial charge in [-0.2, -0.15) is 0 Å². The summed E-state index contributed by atoms with van der Waals surface area (Å²) in [7, 11) is 4.09. The zero-order valence-electron chi connectivity index (χ0n) is 13.0. The van der Waals surface area contributed by atoms with E-state index < -0.39 is 0 Å². The number of pyridine rings is 1. The Labute approximate surface area is 131 Å². The average molecular weight is 298 g/mol. The quantitative estimate of drug-likeness (QED) is 0.859. The Hall–Kier alpha value is -2.40. The summed E-state index contributed by atoms with van der Waals surface area (Å²) in [6, 6.07) is 11.9. The summed E-state index contributed by atoms with van der Waals surface area (Å²) in [5.41, 5.74) is 3.37. The minimum atomic E-state index is -0.172. The molecule has 0 saturated carbocycles. The molecule has 1 aromatic heterocycles. The van der Waals surface area contributed by atoms with Crippen LogP contribution in [0.5, 0.6) is 0 Å². The first kappa shape index (κ1) is 16.0. The maximum Gasteiger partial charge on any atom is 0.315 e. The highest BCUT2D eigenvalue weighted by atomic mass is 16.2. The summed E-state index contributed by atoms with van der Waals surface area (Å²) in [6.45, 7) is 1.93. The molecule has 0 saturated heterocycles. The molecule has 116 valence electrons. The fraction of sp³-hybridized carbons (Fsp3) is 0.294. The van der Waals surface area contributed by atoms with Gasteiger partial charge in [0.05, 0.1) is 0 Å². The SMILES string of the molecule is CN(C)Cc1ccc(CNC(=O)NCc2ccncc2)cc1. The second kappa shape index (κ2) is 8.14. The molecular weight excluding hydrogens is 276 g/mol. The van der Waals surface area contributed by atoms with Crippen LogP contribution < -0.4 is 10.6 Å². The van der Waals surface area contributed by atoms with Crippen molar-refractivity contribution in [3.8, 4) is 0 Å². The predicted octanol–water partition coefficient (Wildman–Crippen LogP) is 2.14. The van der Waals surface area contributed by atoms with Crippen molar-refractivity contribution >= 4 is 6.03 Å². The minimum absolute atomic E-state index is 0.172. The molecule has 1 aromatic carbocycles. The van der Waals surface area contributed by atoms with Gasteiger partial charge >= 0.3 is 6.03 Å². The first-order chi connectivity index (χ1) is 10.6. The van der Waals surface area contributed by atoms with Crippen LogP contribution in [0.1, 0.15) is 16.7 Å². The Morgan fingerprint density at radius 2 is 1.41 bits per heavy atom. The molecule has 5 nitrogen and oxygen atoms in total. The van der Waals surface area contributed by atoms with E-state index in [1.165, 1.54) is 5.56 Å². The summed E-state index contributed by atoms with van der Waals surface area (Å²) < 4.78 is 0. The molecule has 0 fully saturated rings. The third-order valence-electron chi connectivity index (χ3n) is 3.18. The molecule has 2 amide bonds. The highest BCUT2D eigenvalue weighted by molar-refractivity contribution is 5.73. The number of benzene rings is 1. The lowest BCUT2D eigenvalue weighted by atomic mass is 10.1. The lowest BCUT2D eigenvalue weighted by molar-refractivity contribution is 0.240. The van der Waals surface area contributed by atoms with Gasteiger partial charge in [0, 0.05) is 32.0 Å². The summed E-state index contributed by atoms with van der Waals surface area (Å²) in [6.07, 6.45) is 3.43. The van der Waals surface area contributed by atoms with Crippen LogP contribution >= 0.6 is 0 Å². The molecule has 2 N–H and O–H groups in total. The number of nitrogens with one attached hydrogen (secondary N) is 2. The lowest BCUT2D eigenvalue weighted by Gasteiger charge is -2.11. The van der Waals surface area contributed by atoms with Crippen LogP contribution in [0, 0.1) is 0 Å². The van der Waals surface area contributed by atoms with Crippen LogP contribution in [0.25, 0.3) is 0 Å². The molecule has 0 unspecified atom stereocenters. The van der Waals surface area contributed by atoms with Crippen molar-refractivity contribution in [3.05, 3.63) is 65.5 Å². The van der Waals surface area contributed by atoms with E-state index in [0.29, 0.717) is 13.1 Å². The number of carbonyl (C=O) groups is 1. The Morgan fingerprint density at radius 1 is 0.909 bits per heavy atom. The summed E-state index contributed by atoms with van der Waals surface area (Å²) in [5.74, 6) is 0. The van der Waals surface area contributed by atoms with E-state index in [4.69, 9.17) is 0 Å². The van der Waals surface area contributed by atoms with Gasteiger partial charge in [0.25, 0.3) is 0 Å². The van der Waals surface area contributed by atoms with Crippen molar-refractivity contribution in [1.82, 2.24) is 20.5 Å². The van der Waals surface area contributed by atoms with Crippen molar-refractivity contribution in [2.24, 2.45) is 0 Å². The van der Waals surface area contributed by atoms with Crippen LogP contribution in [0.3, 0.4) is 0 Å². The van der Waals surface area contributed by atoms with Crippen LogP contribution in [0.2, 0.25) is 0 Å². The second-order valence-corrected chi connectivity index (χ2v) is 5.45. The van der Waals surface area contributed by atoms with Gasteiger partial charge in [0.2, 0.25) is 0 Å². The van der Waals surface area contributed by atoms with Gasteiger partial charge in [-0.05, 0) is 42.9 Å². The van der Waals surface area contributed by atoms with Crippen molar-refractivity contribution in [2.45, 2.75) is 19.6 Å². The summed E-state index contributed by atoms with van der Waals surface area (Å²) >= 11 is 0. The molecule has 2 rings (SSSR count). The maximum atomic E-state index is 11.8. The van der Waals surface area contributed by atoms with Gasteiger partial charge in [-0.15, -0.1) is 0 Å². The largest absolute Gasteiger partial charge is 0.334 e. The van der Waals surface area contributed by atoms with Crippen molar-refractivity contribution in [1.29, 1.82) is 0 Å². The molecule has 5 heteroatoms. The number of aromatic nitrogens is 1. The third kappa shape index (κ3) is 5.54. The van der Waals surface area contributed by atoms with Crippen LogP contribution in [-0.4, -0.2) is 30.0 Å². The zero-order valence-corrected chi connectivity index (χ0v) is 13.0. The van der Waals surface area contributed by atoms with Gasteiger partial charge < -0.3 is 15.5 Å². The van der Waals surface area contributed by atoms with Crippen LogP contribution in [0.4, 0.5) is 4.79 Å². The molecule has 0 atom stereocenters. The monoisotopic (exact) mass is 298 g/mol. The molecule has 0 spiro atoms. The van der Waals surface area contributed by atoms with Crippen LogP contribution in [0.15, 0.2) is 48.8 Å². The first-order valence-corrected chi connectivity index (χ1v) is 7.26. The number of carbonyl (C=O) groups excluding carboxylic acids is 1. The van der Waals surface area contributed by atoms with Crippen molar-refractivity contribution < 1.29 is 4.79 Å². The maximum absolute atomic E-state index is 11.8. The van der Waals surface area contributed by atoms with Crippen molar-refractivity contribution in [2.75, 3.05) is 14.1 Å². The average Bonchev–Trinajstić information content (AvgIpc) is 2.53. The summed E-state index contributed by atoms with van der Waals surface area (Å²) in [4.78, 5) is 17.8. The van der Waals surface area contributed by atoms with Gasteiger partial charge in [-0.25, -0.2) is 4.79 Å². The number of hydrogen-bond acceptors (Lipinski definition) is 3. The Bertz CT molecular complexity index is 581. The molecular formula is C17H22N4O. The molecule has 0 aliphatic rings. The third-order valence-corrected chi connectivity index (χ3v) is 3.18. The number of rotatable bonds is 6. The highest BCUT2D eigenvalue weighted by Gasteiger charge is 2.01. The fourth-order valence-corrected chi connectivity index (χ4v) is 2.06. The topological polar surface area (TPSA) is 57.3 Å². The second-order valence-electron chi connectivity index (χ2n) is 5.45. The minimum Gasteiger partial charge on any atom is -0.334 e. The molecule has 0 bridgehead atoms. The van der Waals surface area contributed by atoms with Crippen molar-refractivity contribution in [3.63, 3.8) is 0 Å². The molecule has 0 radical (unpaired) electrons. The van der Waals surface area contributed by atoms with E-state index >= 15 is 0 Å². The lowest BCUT2D eigenvalue weighted by Crippen LogP contribution is -2.34. The van der Waals surface area contributed by atoms with Gasteiger partial charge in [0.1, 0.15) is 0 Å². The number of urea groups is 1. The van der Waals surface area contributed by atoms with E-state index in [0.717, 1.165) is 17.7 Å². The Kier molecular flexibility index (Phi) is 5.91. The normalized spacial score (nSPS) is 10.5. The van der Waals surface area contributed by atoms with E-state index in [1.54, 1.807) is 12.4 Å². The molecule has 0 aliphatic carbocycles. The van der Waals surface area contributed by atoms with Gasteiger partial charge in [-0.1, -0.05) is 24.3 Å². The standard InChI is InChI=1S/C17H22N4O/c1-21(2)13-16-5-3-14(4-6-16)11-19-17(22)20-12-15-7-9-18-10-8-15/h3-10H,11-13H2,1-2H3,(H2,19,20,22). The van der Waals surface area contributed by atoms with E-state index in [-0.39, 0.29) is 6.03 Å². The smallest absolute Gasteiger partial charge is 0.315 e. The van der Waals surface area contributed by atoms with E-state index in [9.17, 15) is 4.79 Å². The molecule has 22 heavy (non-hydrogen) atoms. The molecule has 0 aliphatic heterocycles. The van der Waals surface area contributed by atoms with E-state index in [1.807, 2.05) is 38.4 Å². The Morgan fingerprint density at radius 3 is 1.95 bits per heavy atom. The highest BCUT2D eigenvalue weighted by Crippen LogP contribution is 2.06. The van der Waals surface area contributed by atoms with Gasteiger partial charge in [0.15, 0.2) is 0 Å². The van der Waals surface area contributed by atoms with Crippen LogP contribution in [-0.2, 0) is 19.6 Å². The van der Waals surface area contributed by atoms with Gasteiger partial charge in [-0.3, -0.25) is 4.98 Å². The number of nitrogens with zero attached hydrogens (tertiary/aromatic N) is 2. The summed E-state index contributed by atoms with van der Waals surface area (Å²) in [5, 5.41) is 5.68. The number of hydrogen-bond donors (Lipinski definition) is 2. The Balaban J connectivity index is 1.74. The predicted molar refractivity (Wildman–Crippen MR) is 87.1 cm³/mol. The van der Waals surface area contributed by atoms with E-state index in [2.05, 4.69) is 32.7 Å². The molecule has 1 heterocycles. The first-order valence-electron chi connectivity index (χ1n) is 7.26. The zero-order chi connectivity index (χ0) is 15.8. The fourth-order valence-electron chi connectivity index (χ4n) is 2.06. The molecule has 2 aromatic rings. The number of amides is 2.